The molecule has 1 aliphatic rings. The third-order valence-electron chi connectivity index (χ3n) is 4.10. The van der Waals surface area contributed by atoms with Crippen LogP contribution in [0, 0.1) is 5.82 Å². The summed E-state index contributed by atoms with van der Waals surface area (Å²) in [6.07, 6.45) is 3.50. The molecule has 1 unspecified atom stereocenters. The van der Waals surface area contributed by atoms with Crippen LogP contribution in [-0.2, 0) is 0 Å². The summed E-state index contributed by atoms with van der Waals surface area (Å²) in [4.78, 5) is 2.48. The second-order valence-electron chi connectivity index (χ2n) is 5.35. The number of nitrogens with zero attached hydrogens (tertiary/aromatic N) is 1. The van der Waals surface area contributed by atoms with Crippen LogP contribution >= 0.6 is 0 Å². The van der Waals surface area contributed by atoms with Gasteiger partial charge in [0.25, 0.3) is 0 Å². The van der Waals surface area contributed by atoms with Gasteiger partial charge in [-0.3, -0.25) is 0 Å². The molecule has 20 heavy (non-hydrogen) atoms. The molecule has 0 bridgehead atoms. The monoisotopic (exact) mass is 280 g/mol. The average Bonchev–Trinajstić information content (AvgIpc) is 3.29. The Labute approximate surface area is 121 Å². The van der Waals surface area contributed by atoms with Gasteiger partial charge in [-0.25, -0.2) is 4.39 Å². The second-order valence-corrected chi connectivity index (χ2v) is 5.35. The maximum Gasteiger partial charge on any atom is 0.131 e. The minimum atomic E-state index is -0.196. The van der Waals surface area contributed by atoms with Crippen LogP contribution in [0.15, 0.2) is 18.2 Å². The Hall–Kier alpha value is -1.13. The van der Waals surface area contributed by atoms with Crippen molar-refractivity contribution in [3.8, 4) is 5.75 Å². The summed E-state index contributed by atoms with van der Waals surface area (Å²) in [6, 6.07) is 5.74. The molecule has 1 atom stereocenters. The van der Waals surface area contributed by atoms with Gasteiger partial charge in [0.2, 0.25) is 0 Å². The van der Waals surface area contributed by atoms with Crippen LogP contribution in [0.3, 0.4) is 0 Å². The number of rotatable bonds is 8. The number of nitrogens with one attached hydrogen (secondary N) is 1. The Morgan fingerprint density at radius 2 is 2.20 bits per heavy atom. The van der Waals surface area contributed by atoms with Crippen LogP contribution in [0.2, 0.25) is 0 Å². The summed E-state index contributed by atoms with van der Waals surface area (Å²) in [5.41, 5.74) is 0.643. The zero-order valence-electron chi connectivity index (χ0n) is 12.7. The predicted octanol–water partition coefficient (Wildman–Crippen LogP) is 2.97. The molecule has 4 heteroatoms. The Morgan fingerprint density at radius 1 is 1.45 bits per heavy atom. The van der Waals surface area contributed by atoms with Crippen molar-refractivity contribution in [3.63, 3.8) is 0 Å². The minimum Gasteiger partial charge on any atom is -0.496 e. The molecule has 1 aromatic rings. The summed E-state index contributed by atoms with van der Waals surface area (Å²) in [6.45, 7) is 4.25. The first kappa shape index (κ1) is 15.3. The highest BCUT2D eigenvalue weighted by molar-refractivity contribution is 5.37. The van der Waals surface area contributed by atoms with Gasteiger partial charge in [0.1, 0.15) is 11.6 Å². The lowest BCUT2D eigenvalue weighted by molar-refractivity contribution is 0.259. The molecule has 3 nitrogen and oxygen atoms in total. The first-order chi connectivity index (χ1) is 9.71. The van der Waals surface area contributed by atoms with E-state index in [1.54, 1.807) is 13.2 Å². The van der Waals surface area contributed by atoms with Crippen LogP contribution in [0.4, 0.5) is 4.39 Å². The lowest BCUT2D eigenvalue weighted by atomic mass is 10.0. The van der Waals surface area contributed by atoms with Crippen LogP contribution in [0.25, 0.3) is 0 Å². The van der Waals surface area contributed by atoms with Crippen molar-refractivity contribution < 1.29 is 9.13 Å². The first-order valence-corrected chi connectivity index (χ1v) is 7.45. The maximum atomic E-state index is 14.1. The molecular weight excluding hydrogens is 255 g/mol. The lowest BCUT2D eigenvalue weighted by Crippen LogP contribution is -2.30. The Morgan fingerprint density at radius 3 is 2.75 bits per heavy atom. The SMILES string of the molecule is CCN(CCC(NC)c1c(F)cccc1OC)C1CC1. The largest absolute Gasteiger partial charge is 0.496 e. The molecule has 112 valence electrons. The molecule has 2 rings (SSSR count). The van der Waals surface area contributed by atoms with E-state index in [1.807, 2.05) is 13.1 Å². The molecule has 1 saturated carbocycles. The number of ether oxygens (including phenoxy) is 1. The van der Waals surface area contributed by atoms with Gasteiger partial charge in [0.15, 0.2) is 0 Å². The van der Waals surface area contributed by atoms with Gasteiger partial charge in [-0.05, 0) is 45.0 Å². The number of benzene rings is 1. The molecule has 1 N–H and O–H groups in total. The Bertz CT molecular complexity index is 434. The summed E-state index contributed by atoms with van der Waals surface area (Å²) < 4.78 is 19.4. The molecule has 0 amide bonds. The molecule has 0 heterocycles. The van der Waals surface area contributed by atoms with Crippen molar-refractivity contribution in [3.05, 3.63) is 29.6 Å². The predicted molar refractivity (Wildman–Crippen MR) is 79.6 cm³/mol. The molecule has 0 aromatic heterocycles. The van der Waals surface area contributed by atoms with Crippen LogP contribution in [-0.4, -0.2) is 38.2 Å². The van der Waals surface area contributed by atoms with Gasteiger partial charge in [-0.15, -0.1) is 0 Å². The molecule has 1 aromatic carbocycles. The molecule has 0 radical (unpaired) electrons. The summed E-state index contributed by atoms with van der Waals surface area (Å²) in [5.74, 6) is 0.428. The third-order valence-corrected chi connectivity index (χ3v) is 4.10. The molecule has 0 saturated heterocycles. The van der Waals surface area contributed by atoms with E-state index in [0.29, 0.717) is 11.3 Å². The average molecular weight is 280 g/mol. The van der Waals surface area contributed by atoms with Crippen LogP contribution < -0.4 is 10.1 Å². The summed E-state index contributed by atoms with van der Waals surface area (Å²) in [5, 5.41) is 3.23. The van der Waals surface area contributed by atoms with E-state index in [2.05, 4.69) is 17.1 Å². The highest BCUT2D eigenvalue weighted by atomic mass is 19.1. The van der Waals surface area contributed by atoms with E-state index in [-0.39, 0.29) is 11.9 Å². The van der Waals surface area contributed by atoms with Gasteiger partial charge >= 0.3 is 0 Å². The van der Waals surface area contributed by atoms with Crippen molar-refractivity contribution in [1.29, 1.82) is 0 Å². The number of hydrogen-bond donors (Lipinski definition) is 1. The van der Waals surface area contributed by atoms with Crippen LogP contribution in [0.5, 0.6) is 5.75 Å². The fraction of sp³-hybridized carbons (Fsp3) is 0.625. The van der Waals surface area contributed by atoms with Gasteiger partial charge < -0.3 is 15.0 Å². The number of methoxy groups -OCH3 is 1. The minimum absolute atomic E-state index is 0.0149. The quantitative estimate of drug-likeness (QED) is 0.792. The van der Waals surface area contributed by atoms with Crippen molar-refractivity contribution in [2.75, 3.05) is 27.2 Å². The van der Waals surface area contributed by atoms with Crippen molar-refractivity contribution >= 4 is 0 Å². The second kappa shape index (κ2) is 7.04. The van der Waals surface area contributed by atoms with Gasteiger partial charge in [-0.2, -0.15) is 0 Å². The van der Waals surface area contributed by atoms with Crippen LogP contribution in [0.1, 0.15) is 37.8 Å². The number of halogens is 1. The fourth-order valence-electron chi connectivity index (χ4n) is 2.80. The first-order valence-electron chi connectivity index (χ1n) is 7.45. The standard InChI is InChI=1S/C16H25FN2O/c1-4-19(12-8-9-12)11-10-14(18-2)16-13(17)6-5-7-15(16)20-3/h5-7,12,14,18H,4,8-11H2,1-3H3. The Balaban J connectivity index is 2.07. The molecule has 1 fully saturated rings. The summed E-state index contributed by atoms with van der Waals surface area (Å²) in [7, 11) is 3.47. The topological polar surface area (TPSA) is 24.5 Å². The van der Waals surface area contributed by atoms with E-state index >= 15 is 0 Å². The fourth-order valence-corrected chi connectivity index (χ4v) is 2.80. The van der Waals surface area contributed by atoms with Crippen molar-refractivity contribution in [2.24, 2.45) is 0 Å². The molecular formula is C16H25FN2O. The Kier molecular flexibility index (Phi) is 5.38. The highest BCUT2D eigenvalue weighted by Gasteiger charge is 2.28. The van der Waals surface area contributed by atoms with E-state index in [1.165, 1.54) is 18.9 Å². The normalized spacial score (nSPS) is 16.4. The highest BCUT2D eigenvalue weighted by Crippen LogP contribution is 2.31. The number of hydrogen-bond acceptors (Lipinski definition) is 3. The van der Waals surface area contributed by atoms with E-state index < -0.39 is 0 Å². The van der Waals surface area contributed by atoms with Gasteiger partial charge in [0, 0.05) is 24.2 Å². The van der Waals surface area contributed by atoms with E-state index in [4.69, 9.17) is 4.74 Å². The lowest BCUT2D eigenvalue weighted by Gasteiger charge is -2.25. The van der Waals surface area contributed by atoms with Gasteiger partial charge in [-0.1, -0.05) is 13.0 Å². The molecule has 1 aliphatic carbocycles. The van der Waals surface area contributed by atoms with Crippen molar-refractivity contribution in [2.45, 2.75) is 38.3 Å². The van der Waals surface area contributed by atoms with E-state index in [0.717, 1.165) is 25.6 Å². The summed E-state index contributed by atoms with van der Waals surface area (Å²) >= 11 is 0. The zero-order valence-corrected chi connectivity index (χ0v) is 12.7. The molecule has 0 spiro atoms. The van der Waals surface area contributed by atoms with E-state index in [9.17, 15) is 4.39 Å². The maximum absolute atomic E-state index is 14.1. The molecule has 0 aliphatic heterocycles. The smallest absolute Gasteiger partial charge is 0.131 e. The van der Waals surface area contributed by atoms with Gasteiger partial charge in [0.05, 0.1) is 7.11 Å². The van der Waals surface area contributed by atoms with Crippen molar-refractivity contribution in [1.82, 2.24) is 10.2 Å². The zero-order chi connectivity index (χ0) is 14.5. The third kappa shape index (κ3) is 3.49.